The van der Waals surface area contributed by atoms with Crippen molar-refractivity contribution in [2.75, 3.05) is 25.1 Å². The number of amides is 1. The lowest BCUT2D eigenvalue weighted by molar-refractivity contribution is -0.128. The number of hydrogen-bond acceptors (Lipinski definition) is 3. The van der Waals surface area contributed by atoms with E-state index in [-0.39, 0.29) is 5.91 Å². The molecular formula is C11H22N2OS. The van der Waals surface area contributed by atoms with E-state index in [4.69, 9.17) is 0 Å². The third kappa shape index (κ3) is 4.03. The molecule has 1 atom stereocenters. The number of nitrogens with one attached hydrogen (secondary N) is 1. The summed E-state index contributed by atoms with van der Waals surface area (Å²) < 4.78 is 0. The number of hydrogen-bond donors (Lipinski definition) is 1. The second-order valence-corrected chi connectivity index (χ2v) is 4.96. The van der Waals surface area contributed by atoms with Gasteiger partial charge in [0.15, 0.2) is 0 Å². The summed E-state index contributed by atoms with van der Waals surface area (Å²) in [5.74, 6) is 1.48. The lowest BCUT2D eigenvalue weighted by atomic mass is 10.2. The molecule has 15 heavy (non-hydrogen) atoms. The maximum absolute atomic E-state index is 11.6. The van der Waals surface area contributed by atoms with Gasteiger partial charge in [0.05, 0.1) is 12.7 Å². The highest BCUT2D eigenvalue weighted by atomic mass is 32.2. The van der Waals surface area contributed by atoms with Crippen LogP contribution in [0.2, 0.25) is 0 Å². The highest BCUT2D eigenvalue weighted by Gasteiger charge is 2.28. The van der Waals surface area contributed by atoms with Crippen LogP contribution in [0.5, 0.6) is 0 Å². The first kappa shape index (κ1) is 12.8. The molecule has 1 aliphatic heterocycles. The van der Waals surface area contributed by atoms with Crippen LogP contribution < -0.4 is 5.32 Å². The van der Waals surface area contributed by atoms with Gasteiger partial charge in [0, 0.05) is 6.54 Å². The van der Waals surface area contributed by atoms with Gasteiger partial charge < -0.3 is 4.90 Å². The summed E-state index contributed by atoms with van der Waals surface area (Å²) in [5.41, 5.74) is 0. The summed E-state index contributed by atoms with van der Waals surface area (Å²) in [5, 5.41) is 3.27. The van der Waals surface area contributed by atoms with Gasteiger partial charge in [0.2, 0.25) is 5.91 Å². The molecule has 4 heteroatoms. The molecule has 3 nitrogen and oxygen atoms in total. The average molecular weight is 230 g/mol. The largest absolute Gasteiger partial charge is 0.326 e. The van der Waals surface area contributed by atoms with E-state index in [0.29, 0.717) is 12.7 Å². The Morgan fingerprint density at radius 1 is 1.53 bits per heavy atom. The summed E-state index contributed by atoms with van der Waals surface area (Å²) in [6, 6.07) is 0. The van der Waals surface area contributed by atoms with Gasteiger partial charge in [0.25, 0.3) is 0 Å². The first-order chi connectivity index (χ1) is 7.29. The van der Waals surface area contributed by atoms with Crippen LogP contribution in [0.4, 0.5) is 0 Å². The Kier molecular flexibility index (Phi) is 6.10. The quantitative estimate of drug-likeness (QED) is 0.676. The zero-order valence-corrected chi connectivity index (χ0v) is 10.6. The molecule has 1 rings (SSSR count). The Morgan fingerprint density at radius 2 is 2.33 bits per heavy atom. The van der Waals surface area contributed by atoms with E-state index in [9.17, 15) is 4.79 Å². The Morgan fingerprint density at radius 3 is 3.00 bits per heavy atom. The van der Waals surface area contributed by atoms with Crippen molar-refractivity contribution in [3.8, 4) is 0 Å². The number of thioether (sulfide) groups is 1. The molecular weight excluding hydrogens is 208 g/mol. The molecule has 0 aromatic rings. The Balaban J connectivity index is 2.26. The van der Waals surface area contributed by atoms with Gasteiger partial charge in [0.1, 0.15) is 0 Å². The molecule has 1 N–H and O–H groups in total. The number of carbonyl (C=O) groups excluding carboxylic acids is 1. The van der Waals surface area contributed by atoms with Crippen LogP contribution in [0.3, 0.4) is 0 Å². The Labute approximate surface area is 97.0 Å². The van der Waals surface area contributed by atoms with Crippen LogP contribution in [0.1, 0.15) is 32.6 Å². The summed E-state index contributed by atoms with van der Waals surface area (Å²) in [7, 11) is 0. The predicted octanol–water partition coefficient (Wildman–Crippen LogP) is 1.69. The zero-order chi connectivity index (χ0) is 11.1. The van der Waals surface area contributed by atoms with Gasteiger partial charge in [-0.25, -0.2) is 0 Å². The van der Waals surface area contributed by atoms with Crippen LogP contribution in [0.25, 0.3) is 0 Å². The summed E-state index contributed by atoms with van der Waals surface area (Å²) in [6.45, 7) is 3.63. The van der Waals surface area contributed by atoms with Gasteiger partial charge in [-0.05, 0) is 31.3 Å². The minimum atomic E-state index is 0.276. The molecule has 1 heterocycles. The van der Waals surface area contributed by atoms with Crippen LogP contribution in [-0.4, -0.2) is 42.1 Å². The number of rotatable bonds is 7. The van der Waals surface area contributed by atoms with E-state index in [2.05, 4.69) is 18.5 Å². The number of carbonyl (C=O) groups is 1. The summed E-state index contributed by atoms with van der Waals surface area (Å²) >= 11 is 1.88. The second-order valence-electron chi connectivity index (χ2n) is 3.97. The van der Waals surface area contributed by atoms with E-state index < -0.39 is 0 Å². The predicted molar refractivity (Wildman–Crippen MR) is 66.0 cm³/mol. The van der Waals surface area contributed by atoms with E-state index in [0.717, 1.165) is 25.8 Å². The minimum Gasteiger partial charge on any atom is -0.326 e. The molecule has 0 aromatic carbocycles. The van der Waals surface area contributed by atoms with E-state index in [1.807, 2.05) is 16.7 Å². The fraction of sp³-hybridized carbons (Fsp3) is 0.909. The molecule has 1 fully saturated rings. The van der Waals surface area contributed by atoms with Crippen molar-refractivity contribution in [1.29, 1.82) is 0 Å². The van der Waals surface area contributed by atoms with Crippen LogP contribution in [0, 0.1) is 0 Å². The van der Waals surface area contributed by atoms with Crippen molar-refractivity contribution >= 4 is 17.7 Å². The van der Waals surface area contributed by atoms with Crippen LogP contribution >= 0.6 is 11.8 Å². The first-order valence-corrected chi connectivity index (χ1v) is 7.20. The smallest absolute Gasteiger partial charge is 0.237 e. The molecule has 88 valence electrons. The molecule has 0 spiro atoms. The molecule has 0 bridgehead atoms. The molecule has 1 amide bonds. The van der Waals surface area contributed by atoms with Gasteiger partial charge in [-0.2, -0.15) is 11.8 Å². The fourth-order valence-corrected chi connectivity index (χ4v) is 2.42. The van der Waals surface area contributed by atoms with Crippen LogP contribution in [0.15, 0.2) is 0 Å². The summed E-state index contributed by atoms with van der Waals surface area (Å²) in [6.07, 6.45) is 6.98. The van der Waals surface area contributed by atoms with Crippen LogP contribution in [-0.2, 0) is 4.79 Å². The molecule has 0 saturated carbocycles. The third-order valence-corrected chi connectivity index (χ3v) is 3.44. The maximum Gasteiger partial charge on any atom is 0.237 e. The van der Waals surface area contributed by atoms with E-state index >= 15 is 0 Å². The minimum absolute atomic E-state index is 0.276. The Hall–Kier alpha value is -0.220. The van der Waals surface area contributed by atoms with Crippen molar-refractivity contribution in [2.45, 2.75) is 38.8 Å². The lowest BCUT2D eigenvalue weighted by Crippen LogP contribution is -2.37. The number of unbranched alkanes of at least 4 members (excludes halogenated alkanes) is 1. The van der Waals surface area contributed by atoms with Crippen molar-refractivity contribution in [3.63, 3.8) is 0 Å². The van der Waals surface area contributed by atoms with Gasteiger partial charge >= 0.3 is 0 Å². The highest BCUT2D eigenvalue weighted by Crippen LogP contribution is 2.12. The molecule has 1 saturated heterocycles. The van der Waals surface area contributed by atoms with Gasteiger partial charge in [-0.15, -0.1) is 0 Å². The molecule has 0 radical (unpaired) electrons. The first-order valence-electron chi connectivity index (χ1n) is 5.81. The second kappa shape index (κ2) is 7.12. The number of nitrogens with zero attached hydrogens (tertiary/aromatic N) is 1. The van der Waals surface area contributed by atoms with Crippen molar-refractivity contribution in [1.82, 2.24) is 10.2 Å². The van der Waals surface area contributed by atoms with E-state index in [1.54, 1.807) is 0 Å². The normalized spacial score (nSPS) is 21.3. The summed E-state index contributed by atoms with van der Waals surface area (Å²) in [4.78, 5) is 13.6. The molecule has 0 aliphatic carbocycles. The van der Waals surface area contributed by atoms with Crippen molar-refractivity contribution in [2.24, 2.45) is 0 Å². The molecule has 1 unspecified atom stereocenters. The maximum atomic E-state index is 11.6. The topological polar surface area (TPSA) is 32.3 Å². The lowest BCUT2D eigenvalue weighted by Gasteiger charge is -2.23. The van der Waals surface area contributed by atoms with Crippen molar-refractivity contribution in [3.05, 3.63) is 0 Å². The highest BCUT2D eigenvalue weighted by molar-refractivity contribution is 7.98. The molecule has 1 aliphatic rings. The zero-order valence-electron chi connectivity index (χ0n) is 9.79. The van der Waals surface area contributed by atoms with Gasteiger partial charge in [-0.3, -0.25) is 10.1 Å². The SMILES string of the molecule is CCCC1NCC(=O)N1CCCCSC. The average Bonchev–Trinajstić information content (AvgIpc) is 2.56. The van der Waals surface area contributed by atoms with Crippen molar-refractivity contribution < 1.29 is 4.79 Å². The fourth-order valence-electron chi connectivity index (χ4n) is 1.93. The Bertz CT molecular complexity index is 199. The third-order valence-electron chi connectivity index (χ3n) is 2.75. The van der Waals surface area contributed by atoms with Gasteiger partial charge in [-0.1, -0.05) is 13.3 Å². The van der Waals surface area contributed by atoms with E-state index in [1.165, 1.54) is 12.2 Å². The monoisotopic (exact) mass is 230 g/mol. The standard InChI is InChI=1S/C11H22N2OS/c1-3-6-10-12-9-11(14)13(10)7-4-5-8-15-2/h10,12H,3-9H2,1-2H3. The molecule has 0 aromatic heterocycles.